The molecule has 0 radical (unpaired) electrons. The van der Waals surface area contributed by atoms with Crippen molar-refractivity contribution < 1.29 is 42.5 Å². The number of hydrogen-bond acceptors (Lipinski definition) is 2. The number of nitrogens with zero attached hydrogens (tertiary/aromatic N) is 1. The van der Waals surface area contributed by atoms with Gasteiger partial charge in [0, 0.05) is 0 Å². The number of terminal acetylenes is 1. The molecule has 0 spiro atoms. The Morgan fingerprint density at radius 3 is 2.00 bits per heavy atom. The molecule has 1 aromatic carbocycles. The first-order valence-electron chi connectivity index (χ1n) is 5.20. The van der Waals surface area contributed by atoms with E-state index in [9.17, 15) is 4.79 Å². The fourth-order valence-electron chi connectivity index (χ4n) is 1.14. The van der Waals surface area contributed by atoms with Crippen LogP contribution in [0.3, 0.4) is 0 Å². The standard InChI is InChI=1S/C11H9NO.C3H3.C2H5.CH3.2Li/c1-8-9(2)11(12-3)5-4-10(8)6-7-13;1-3-2;1-2;;;/h3-5H,1-2H3;1H,2H2;1H2,2H3;1H3;;/q-2;3*-1;2*+1. The zero-order valence-electron chi connectivity index (χ0n) is 14.1. The Morgan fingerprint density at radius 1 is 1.24 bits per heavy atom. The number of carbonyl (C=O) groups excluding carboxylic acids is 1. The zero-order chi connectivity index (χ0) is 14.6. The zero-order valence-corrected chi connectivity index (χ0v) is 14.1. The maximum absolute atomic E-state index is 10.1. The molecule has 1 rings (SSSR count). The first kappa shape index (κ1) is 32.1. The van der Waals surface area contributed by atoms with E-state index in [1.54, 1.807) is 25.0 Å². The van der Waals surface area contributed by atoms with E-state index in [1.165, 1.54) is 0 Å². The van der Waals surface area contributed by atoms with Crippen molar-refractivity contribution in [3.8, 4) is 12.3 Å². The fourth-order valence-corrected chi connectivity index (χ4v) is 1.14. The molecule has 0 aliphatic rings. The van der Waals surface area contributed by atoms with Crippen molar-refractivity contribution in [3.05, 3.63) is 56.2 Å². The average molecular weight is 268 g/mol. The first-order chi connectivity index (χ1) is 8.62. The number of aliphatic imine (C=N–C) groups is 1. The van der Waals surface area contributed by atoms with Crippen LogP contribution in [0, 0.1) is 53.5 Å². The van der Waals surface area contributed by atoms with Crippen LogP contribution in [0.4, 0.5) is 5.69 Å². The Balaban J connectivity index is -0.0000000954. The topological polar surface area (TPSA) is 29.4 Å². The molecule has 4 heteroatoms. The third-order valence-electron chi connectivity index (χ3n) is 2.08. The predicted molar refractivity (Wildman–Crippen MR) is 83.7 cm³/mol. The van der Waals surface area contributed by atoms with Crippen LogP contribution in [-0.4, -0.2) is 12.7 Å². The summed E-state index contributed by atoms with van der Waals surface area (Å²) in [5.41, 5.74) is 3.38. The van der Waals surface area contributed by atoms with Gasteiger partial charge in [0.15, 0.2) is 0 Å². The fraction of sp³-hybridized carbons (Fsp3) is 0.176. The van der Waals surface area contributed by atoms with Crippen LogP contribution < -0.4 is 37.7 Å². The van der Waals surface area contributed by atoms with Crippen molar-refractivity contribution in [1.82, 2.24) is 0 Å². The van der Waals surface area contributed by atoms with Gasteiger partial charge < -0.3 is 31.7 Å². The van der Waals surface area contributed by atoms with Crippen LogP contribution in [0.25, 0.3) is 0 Å². The monoisotopic (exact) mass is 268 g/mol. The Labute approximate surface area is 154 Å². The molecule has 104 valence electrons. The number of rotatable bonds is 2. The van der Waals surface area contributed by atoms with E-state index in [4.69, 9.17) is 6.72 Å². The molecule has 1 aromatic rings. The molecule has 21 heavy (non-hydrogen) atoms. The Bertz CT molecular complexity index is 470. The van der Waals surface area contributed by atoms with Crippen LogP contribution >= 0.6 is 0 Å². The third-order valence-corrected chi connectivity index (χ3v) is 2.08. The second-order valence-corrected chi connectivity index (χ2v) is 2.94. The van der Waals surface area contributed by atoms with Crippen molar-refractivity contribution in [1.29, 1.82) is 0 Å². The van der Waals surface area contributed by atoms with E-state index in [0.717, 1.165) is 22.4 Å². The van der Waals surface area contributed by atoms with Gasteiger partial charge in [0.25, 0.3) is 0 Å². The molecule has 0 amide bonds. The molecule has 0 unspecified atom stereocenters. The van der Waals surface area contributed by atoms with Gasteiger partial charge in [-0.1, -0.05) is 19.9 Å². The summed E-state index contributed by atoms with van der Waals surface area (Å²) in [6.07, 6.45) is 6.97. The summed E-state index contributed by atoms with van der Waals surface area (Å²) in [6, 6.07) is 3.50. The minimum atomic E-state index is 0. The average Bonchev–Trinajstić information content (AvgIpc) is 2.39. The molecular weight excluding hydrogens is 248 g/mol. The van der Waals surface area contributed by atoms with Crippen LogP contribution in [0.1, 0.15) is 23.6 Å². The van der Waals surface area contributed by atoms with E-state index in [-0.39, 0.29) is 45.1 Å². The minimum absolute atomic E-state index is 0. The molecule has 0 aliphatic heterocycles. The maximum atomic E-state index is 10.1. The first-order valence-corrected chi connectivity index (χ1v) is 5.20. The molecule has 0 saturated carbocycles. The summed E-state index contributed by atoms with van der Waals surface area (Å²) < 4.78 is 0. The van der Waals surface area contributed by atoms with Gasteiger partial charge in [-0.25, -0.2) is 4.79 Å². The molecule has 0 bridgehead atoms. The predicted octanol–water partition coefficient (Wildman–Crippen LogP) is -2.20. The van der Waals surface area contributed by atoms with Crippen LogP contribution in [0.2, 0.25) is 0 Å². The van der Waals surface area contributed by atoms with Crippen molar-refractivity contribution in [2.45, 2.75) is 20.8 Å². The Kier molecular flexibility index (Phi) is 32.5. The largest absolute Gasteiger partial charge is 1.00 e. The summed E-state index contributed by atoms with van der Waals surface area (Å²) in [4.78, 5) is 13.7. The van der Waals surface area contributed by atoms with Crippen molar-refractivity contribution in [2.24, 2.45) is 4.99 Å². The summed E-state index contributed by atoms with van der Waals surface area (Å²) in [5, 5.41) is 0. The quantitative estimate of drug-likeness (QED) is 0.197. The second kappa shape index (κ2) is 21.3. The molecule has 2 nitrogen and oxygen atoms in total. The molecule has 0 N–H and O–H groups in total. The normalized spacial score (nSPS) is 6.24. The molecular formula is C17H20Li2NO-3. The smallest absolute Gasteiger partial charge is 0.461 e. The van der Waals surface area contributed by atoms with Gasteiger partial charge in [0.2, 0.25) is 0 Å². The van der Waals surface area contributed by atoms with Gasteiger partial charge in [0.1, 0.15) is 0 Å². The summed E-state index contributed by atoms with van der Waals surface area (Å²) >= 11 is 0. The molecule has 0 atom stereocenters. The Morgan fingerprint density at radius 2 is 1.67 bits per heavy atom. The van der Waals surface area contributed by atoms with E-state index in [2.05, 4.69) is 31.3 Å². The number of benzene rings is 1. The Hall–Kier alpha value is -1.04. The van der Waals surface area contributed by atoms with Gasteiger partial charge in [-0.15, -0.1) is 5.69 Å². The van der Waals surface area contributed by atoms with Gasteiger partial charge in [-0.2, -0.15) is 49.4 Å². The number of hydrogen-bond donors (Lipinski definition) is 0. The second-order valence-electron chi connectivity index (χ2n) is 2.94. The van der Waals surface area contributed by atoms with E-state index < -0.39 is 0 Å². The maximum Gasteiger partial charge on any atom is 1.00 e. The van der Waals surface area contributed by atoms with Crippen LogP contribution in [0.15, 0.2) is 17.1 Å². The minimum Gasteiger partial charge on any atom is -0.461 e. The molecule has 0 saturated heterocycles. The van der Waals surface area contributed by atoms with Crippen molar-refractivity contribution >= 4 is 18.3 Å². The van der Waals surface area contributed by atoms with Gasteiger partial charge in [-0.3, -0.25) is 0 Å². The summed E-state index contributed by atoms with van der Waals surface area (Å²) in [7, 11) is 0. The van der Waals surface area contributed by atoms with Crippen molar-refractivity contribution in [3.63, 3.8) is 0 Å². The van der Waals surface area contributed by atoms with Gasteiger partial charge >= 0.3 is 37.7 Å². The molecule has 0 fully saturated rings. The van der Waals surface area contributed by atoms with Crippen molar-refractivity contribution in [2.75, 3.05) is 0 Å². The SMILES string of the molecule is C#C[CH2-].[CH-]=Nc1ccc([C-]=C=O)c(C)c1C.[CH2-]C.[CH3-].[Li+].[Li+]. The van der Waals surface area contributed by atoms with E-state index >= 15 is 0 Å². The summed E-state index contributed by atoms with van der Waals surface area (Å²) in [6.45, 7) is 17.0. The molecule has 0 aliphatic carbocycles. The van der Waals surface area contributed by atoms with Crippen LogP contribution in [0.5, 0.6) is 0 Å². The molecule has 0 aromatic heterocycles. The third kappa shape index (κ3) is 12.4. The van der Waals surface area contributed by atoms with Gasteiger partial charge in [0.05, 0.1) is 5.94 Å². The summed E-state index contributed by atoms with van der Waals surface area (Å²) in [5.74, 6) is 3.63. The van der Waals surface area contributed by atoms with E-state index in [0.29, 0.717) is 0 Å². The van der Waals surface area contributed by atoms with Crippen LogP contribution in [-0.2, 0) is 4.79 Å². The van der Waals surface area contributed by atoms with E-state index in [1.807, 2.05) is 19.8 Å². The van der Waals surface area contributed by atoms with Gasteiger partial charge in [-0.05, 0) is 0 Å². The molecule has 0 heterocycles.